The van der Waals surface area contributed by atoms with Crippen molar-refractivity contribution in [2.45, 2.75) is 46.1 Å². The summed E-state index contributed by atoms with van der Waals surface area (Å²) in [4.78, 5) is 8.47. The highest BCUT2D eigenvalue weighted by Gasteiger charge is 2.22. The zero-order valence-electron chi connectivity index (χ0n) is 12.6. The third kappa shape index (κ3) is 4.67. The molecule has 0 saturated heterocycles. The fourth-order valence-electron chi connectivity index (χ4n) is 1.77. The molecule has 0 radical (unpaired) electrons. The Bertz CT molecular complexity index is 364. The van der Waals surface area contributed by atoms with Gasteiger partial charge in [-0.15, -0.1) is 11.3 Å². The molecule has 0 fully saturated rings. The van der Waals surface area contributed by atoms with Crippen LogP contribution in [0.15, 0.2) is 0 Å². The third-order valence-electron chi connectivity index (χ3n) is 2.76. The summed E-state index contributed by atoms with van der Waals surface area (Å²) in [5, 5.41) is 4.68. The van der Waals surface area contributed by atoms with Crippen molar-refractivity contribution in [3.63, 3.8) is 0 Å². The number of rotatable bonds is 6. The Morgan fingerprint density at radius 1 is 1.28 bits per heavy atom. The molecule has 0 atom stereocenters. The highest BCUT2D eigenvalue weighted by atomic mass is 32.1. The van der Waals surface area contributed by atoms with E-state index in [9.17, 15) is 0 Å². The summed E-state index contributed by atoms with van der Waals surface area (Å²) in [7, 11) is 4.22. The Labute approximate surface area is 116 Å². The lowest BCUT2D eigenvalue weighted by Crippen LogP contribution is -2.18. The zero-order chi connectivity index (χ0) is 13.8. The quantitative estimate of drug-likeness (QED) is 0.860. The predicted octanol–water partition coefficient (Wildman–Crippen LogP) is 2.65. The van der Waals surface area contributed by atoms with Crippen molar-refractivity contribution in [3.05, 3.63) is 15.6 Å². The smallest absolute Gasteiger partial charge is 0.0944 e. The van der Waals surface area contributed by atoms with Gasteiger partial charge in [0, 0.05) is 29.8 Å². The van der Waals surface area contributed by atoms with Crippen molar-refractivity contribution >= 4 is 11.3 Å². The van der Waals surface area contributed by atoms with E-state index in [0.29, 0.717) is 0 Å². The van der Waals surface area contributed by atoms with Crippen LogP contribution >= 0.6 is 11.3 Å². The summed E-state index contributed by atoms with van der Waals surface area (Å²) < 4.78 is 0. The molecule has 0 saturated carbocycles. The van der Waals surface area contributed by atoms with Gasteiger partial charge in [-0.25, -0.2) is 4.98 Å². The second kappa shape index (κ2) is 6.64. The molecule has 0 amide bonds. The number of hydrogen-bond donors (Lipinski definition) is 1. The Morgan fingerprint density at radius 3 is 2.44 bits per heavy atom. The molecule has 1 N–H and O–H groups in total. The summed E-state index contributed by atoms with van der Waals surface area (Å²) in [6, 6.07) is 0. The van der Waals surface area contributed by atoms with Gasteiger partial charge in [0.15, 0.2) is 0 Å². The van der Waals surface area contributed by atoms with Crippen LogP contribution in [0.2, 0.25) is 0 Å². The first kappa shape index (κ1) is 15.6. The minimum Gasteiger partial charge on any atom is -0.312 e. The van der Waals surface area contributed by atoms with Crippen LogP contribution < -0.4 is 5.32 Å². The van der Waals surface area contributed by atoms with Gasteiger partial charge in [-0.2, -0.15) is 0 Å². The minimum atomic E-state index is 0.137. The Kier molecular flexibility index (Phi) is 5.76. The van der Waals surface area contributed by atoms with Crippen LogP contribution in [0.25, 0.3) is 0 Å². The molecule has 1 rings (SSSR count). The van der Waals surface area contributed by atoms with Crippen molar-refractivity contribution in [1.29, 1.82) is 0 Å². The van der Waals surface area contributed by atoms with Gasteiger partial charge in [0.2, 0.25) is 0 Å². The lowest BCUT2D eigenvalue weighted by atomic mass is 9.91. The van der Waals surface area contributed by atoms with E-state index in [4.69, 9.17) is 4.98 Å². The maximum atomic E-state index is 4.86. The number of likely N-dealkylation sites (N-methyl/N-ethyl adjacent to an activating group) is 1. The van der Waals surface area contributed by atoms with E-state index in [1.54, 1.807) is 0 Å². The zero-order valence-corrected chi connectivity index (χ0v) is 13.4. The Hall–Kier alpha value is -0.450. The van der Waals surface area contributed by atoms with Crippen LogP contribution in [-0.4, -0.2) is 37.1 Å². The monoisotopic (exact) mass is 269 g/mol. The highest BCUT2D eigenvalue weighted by molar-refractivity contribution is 7.11. The van der Waals surface area contributed by atoms with E-state index in [1.165, 1.54) is 15.6 Å². The van der Waals surface area contributed by atoms with Crippen LogP contribution in [-0.2, 0) is 18.4 Å². The normalized spacial score (nSPS) is 12.4. The van der Waals surface area contributed by atoms with E-state index >= 15 is 0 Å². The molecule has 4 heteroatoms. The summed E-state index contributed by atoms with van der Waals surface area (Å²) in [6.45, 7) is 11.9. The summed E-state index contributed by atoms with van der Waals surface area (Å²) >= 11 is 1.87. The second-order valence-electron chi connectivity index (χ2n) is 5.96. The molecule has 0 aliphatic carbocycles. The molecule has 0 bridgehead atoms. The fourth-order valence-corrected chi connectivity index (χ4v) is 3.01. The van der Waals surface area contributed by atoms with E-state index in [-0.39, 0.29) is 5.41 Å². The maximum Gasteiger partial charge on any atom is 0.0944 e. The van der Waals surface area contributed by atoms with Crippen molar-refractivity contribution in [2.24, 2.45) is 0 Å². The third-order valence-corrected chi connectivity index (χ3v) is 3.88. The molecule has 0 aliphatic rings. The molecule has 0 aliphatic heterocycles. The van der Waals surface area contributed by atoms with Crippen molar-refractivity contribution in [1.82, 2.24) is 15.2 Å². The van der Waals surface area contributed by atoms with Gasteiger partial charge in [0.05, 0.1) is 10.7 Å². The molecule has 18 heavy (non-hydrogen) atoms. The molecule has 0 unspecified atom stereocenters. The minimum absolute atomic E-state index is 0.137. The topological polar surface area (TPSA) is 28.2 Å². The number of nitrogens with zero attached hydrogens (tertiary/aromatic N) is 2. The van der Waals surface area contributed by atoms with Crippen LogP contribution in [0.4, 0.5) is 0 Å². The van der Waals surface area contributed by atoms with Gasteiger partial charge < -0.3 is 10.2 Å². The van der Waals surface area contributed by atoms with Crippen molar-refractivity contribution in [3.8, 4) is 0 Å². The number of nitrogens with one attached hydrogen (secondary N) is 1. The molecule has 1 aromatic heterocycles. The molecule has 3 nitrogen and oxygen atoms in total. The first-order chi connectivity index (χ1) is 8.34. The van der Waals surface area contributed by atoms with Crippen LogP contribution in [0, 0.1) is 0 Å². The van der Waals surface area contributed by atoms with E-state index in [2.05, 4.69) is 52.0 Å². The van der Waals surface area contributed by atoms with Crippen molar-refractivity contribution < 1.29 is 0 Å². The SMILES string of the molecule is CCNCc1sc(CCN(C)C)nc1C(C)(C)C. The fraction of sp³-hybridized carbons (Fsp3) is 0.786. The molecule has 1 aromatic rings. The van der Waals surface area contributed by atoms with Crippen molar-refractivity contribution in [2.75, 3.05) is 27.2 Å². The van der Waals surface area contributed by atoms with E-state index in [1.807, 2.05) is 11.3 Å². The Morgan fingerprint density at radius 2 is 1.94 bits per heavy atom. The highest BCUT2D eigenvalue weighted by Crippen LogP contribution is 2.29. The van der Waals surface area contributed by atoms with Crippen LogP contribution in [0.3, 0.4) is 0 Å². The number of hydrogen-bond acceptors (Lipinski definition) is 4. The Balaban J connectivity index is 2.85. The molecule has 1 heterocycles. The number of thiazole rings is 1. The largest absolute Gasteiger partial charge is 0.312 e. The van der Waals surface area contributed by atoms with Gasteiger partial charge in [0.25, 0.3) is 0 Å². The summed E-state index contributed by atoms with van der Waals surface area (Å²) in [5.41, 5.74) is 1.40. The summed E-state index contributed by atoms with van der Waals surface area (Å²) in [6.07, 6.45) is 1.05. The average Bonchev–Trinajstić information content (AvgIpc) is 2.66. The van der Waals surface area contributed by atoms with E-state index in [0.717, 1.165) is 26.1 Å². The van der Waals surface area contributed by atoms with Gasteiger partial charge in [0.1, 0.15) is 0 Å². The van der Waals surface area contributed by atoms with Gasteiger partial charge in [-0.1, -0.05) is 27.7 Å². The standard InChI is InChI=1S/C14H27N3S/c1-7-15-10-11-13(14(2,3)4)16-12(18-11)8-9-17(5)6/h15H,7-10H2,1-6H3. The van der Waals surface area contributed by atoms with Crippen LogP contribution in [0.5, 0.6) is 0 Å². The second-order valence-corrected chi connectivity index (χ2v) is 7.13. The lowest BCUT2D eigenvalue weighted by Gasteiger charge is -2.17. The molecule has 104 valence electrons. The maximum absolute atomic E-state index is 4.86. The van der Waals surface area contributed by atoms with Crippen LogP contribution in [0.1, 0.15) is 43.3 Å². The first-order valence-corrected chi connectivity index (χ1v) is 7.50. The van der Waals surface area contributed by atoms with Gasteiger partial charge in [-0.05, 0) is 20.6 Å². The molecule has 0 aromatic carbocycles. The van der Waals surface area contributed by atoms with Gasteiger partial charge >= 0.3 is 0 Å². The molecular weight excluding hydrogens is 242 g/mol. The average molecular weight is 269 g/mol. The van der Waals surface area contributed by atoms with Gasteiger partial charge in [-0.3, -0.25) is 0 Å². The first-order valence-electron chi connectivity index (χ1n) is 6.69. The molecular formula is C14H27N3S. The predicted molar refractivity (Wildman–Crippen MR) is 80.5 cm³/mol. The lowest BCUT2D eigenvalue weighted by molar-refractivity contribution is 0.413. The summed E-state index contributed by atoms with van der Waals surface area (Å²) in [5.74, 6) is 0. The number of aromatic nitrogens is 1. The molecule has 0 spiro atoms. The van der Waals surface area contributed by atoms with E-state index < -0.39 is 0 Å².